The van der Waals surface area contributed by atoms with Crippen molar-refractivity contribution < 1.29 is 9.53 Å². The normalized spacial score (nSPS) is 12.9. The molecule has 0 aliphatic carbocycles. The van der Waals surface area contributed by atoms with Crippen molar-refractivity contribution in [3.05, 3.63) is 77.7 Å². The number of nitrogens with one attached hydrogen (secondary N) is 1. The molecule has 0 fully saturated rings. The summed E-state index contributed by atoms with van der Waals surface area (Å²) in [6, 6.07) is 16.2. The van der Waals surface area contributed by atoms with E-state index in [-0.39, 0.29) is 5.91 Å². The number of rotatable bonds is 6. The minimum atomic E-state index is -0.211. The van der Waals surface area contributed by atoms with Crippen molar-refractivity contribution in [1.29, 1.82) is 0 Å². The Bertz CT molecular complexity index is 971. The van der Waals surface area contributed by atoms with E-state index in [0.717, 1.165) is 42.9 Å². The quantitative estimate of drug-likeness (QED) is 0.700. The molecule has 1 aliphatic rings. The summed E-state index contributed by atoms with van der Waals surface area (Å²) < 4.78 is 5.15. The Morgan fingerprint density at radius 2 is 1.93 bits per heavy atom. The lowest BCUT2D eigenvalue weighted by Gasteiger charge is -2.30. The van der Waals surface area contributed by atoms with Gasteiger partial charge in [-0.2, -0.15) is 0 Å². The van der Waals surface area contributed by atoms with Crippen LogP contribution in [0, 0.1) is 0 Å². The number of carbonyl (C=O) groups is 1. The summed E-state index contributed by atoms with van der Waals surface area (Å²) in [5, 5.41) is 2.90. The van der Waals surface area contributed by atoms with E-state index in [9.17, 15) is 4.79 Å². The fourth-order valence-corrected chi connectivity index (χ4v) is 3.55. The molecule has 29 heavy (non-hydrogen) atoms. The Kier molecular flexibility index (Phi) is 5.70. The number of carbonyl (C=O) groups excluding carboxylic acids is 1. The van der Waals surface area contributed by atoms with Crippen molar-refractivity contribution >= 4 is 17.4 Å². The predicted octanol–water partition coefficient (Wildman–Crippen LogP) is 3.54. The summed E-state index contributed by atoms with van der Waals surface area (Å²) in [5.74, 6) is 1.38. The first-order chi connectivity index (χ1) is 14.2. The Hall–Kier alpha value is -3.41. The number of anilines is 2. The van der Waals surface area contributed by atoms with E-state index in [2.05, 4.69) is 38.4 Å². The highest BCUT2D eigenvalue weighted by atomic mass is 16.5. The second kappa shape index (κ2) is 8.73. The second-order valence-corrected chi connectivity index (χ2v) is 7.00. The maximum Gasteiger partial charge on any atom is 0.271 e. The minimum absolute atomic E-state index is 0.211. The SMILES string of the molecule is COc1ccc(CCNC(=O)c2cnc(N3CCCc4ccccc43)cn2)cc1. The lowest BCUT2D eigenvalue weighted by molar-refractivity contribution is 0.0949. The van der Waals surface area contributed by atoms with E-state index in [1.54, 1.807) is 19.5 Å². The molecule has 0 radical (unpaired) electrons. The number of amides is 1. The number of methoxy groups -OCH3 is 1. The molecule has 0 spiro atoms. The maximum absolute atomic E-state index is 12.4. The zero-order chi connectivity index (χ0) is 20.1. The Morgan fingerprint density at radius 1 is 1.10 bits per heavy atom. The summed E-state index contributed by atoms with van der Waals surface area (Å²) in [6.07, 6.45) is 6.13. The third kappa shape index (κ3) is 4.37. The summed E-state index contributed by atoms with van der Waals surface area (Å²) in [4.78, 5) is 23.4. The molecule has 1 aromatic heterocycles. The highest BCUT2D eigenvalue weighted by Gasteiger charge is 2.19. The van der Waals surface area contributed by atoms with Gasteiger partial charge in [-0.1, -0.05) is 30.3 Å². The van der Waals surface area contributed by atoms with Gasteiger partial charge in [0.2, 0.25) is 0 Å². The number of aryl methyl sites for hydroxylation is 1. The molecule has 0 bridgehead atoms. The highest BCUT2D eigenvalue weighted by molar-refractivity contribution is 5.92. The van der Waals surface area contributed by atoms with Gasteiger partial charge in [0, 0.05) is 18.8 Å². The first-order valence-electron chi connectivity index (χ1n) is 9.83. The van der Waals surface area contributed by atoms with Crippen molar-refractivity contribution in [2.45, 2.75) is 19.3 Å². The van der Waals surface area contributed by atoms with Crippen molar-refractivity contribution in [3.63, 3.8) is 0 Å². The van der Waals surface area contributed by atoms with Crippen LogP contribution in [-0.2, 0) is 12.8 Å². The molecular weight excluding hydrogens is 364 g/mol. The van der Waals surface area contributed by atoms with E-state index in [1.165, 1.54) is 11.3 Å². The molecule has 1 N–H and O–H groups in total. The van der Waals surface area contributed by atoms with Gasteiger partial charge in [0.05, 0.1) is 19.5 Å². The largest absolute Gasteiger partial charge is 0.497 e. The van der Waals surface area contributed by atoms with Crippen LogP contribution in [-0.4, -0.2) is 36.1 Å². The Balaban J connectivity index is 1.36. The lowest BCUT2D eigenvalue weighted by atomic mass is 10.0. The van der Waals surface area contributed by atoms with Crippen molar-refractivity contribution in [3.8, 4) is 5.75 Å². The van der Waals surface area contributed by atoms with Crippen LogP contribution in [0.15, 0.2) is 60.9 Å². The van der Waals surface area contributed by atoms with E-state index >= 15 is 0 Å². The molecule has 0 saturated carbocycles. The molecule has 1 aliphatic heterocycles. The van der Waals surface area contributed by atoms with Crippen LogP contribution >= 0.6 is 0 Å². The molecule has 1 amide bonds. The topological polar surface area (TPSA) is 67.3 Å². The maximum atomic E-state index is 12.4. The van der Waals surface area contributed by atoms with Crippen molar-refractivity contribution in [2.75, 3.05) is 25.1 Å². The van der Waals surface area contributed by atoms with Crippen LogP contribution in [0.2, 0.25) is 0 Å². The van der Waals surface area contributed by atoms with Gasteiger partial charge < -0.3 is 15.0 Å². The minimum Gasteiger partial charge on any atom is -0.497 e. The third-order valence-corrected chi connectivity index (χ3v) is 5.12. The van der Waals surface area contributed by atoms with E-state index in [4.69, 9.17) is 4.74 Å². The summed E-state index contributed by atoms with van der Waals surface area (Å²) in [7, 11) is 1.64. The summed E-state index contributed by atoms with van der Waals surface area (Å²) in [5.41, 5.74) is 3.95. The number of hydrogen-bond donors (Lipinski definition) is 1. The Labute approximate surface area is 170 Å². The van der Waals surface area contributed by atoms with Gasteiger partial charge in [-0.05, 0) is 48.6 Å². The van der Waals surface area contributed by atoms with Gasteiger partial charge in [-0.25, -0.2) is 9.97 Å². The van der Waals surface area contributed by atoms with Gasteiger partial charge in [-0.3, -0.25) is 4.79 Å². The van der Waals surface area contributed by atoms with Gasteiger partial charge in [0.15, 0.2) is 5.82 Å². The van der Waals surface area contributed by atoms with Crippen LogP contribution in [0.3, 0.4) is 0 Å². The third-order valence-electron chi connectivity index (χ3n) is 5.12. The van der Waals surface area contributed by atoms with Crippen LogP contribution < -0.4 is 15.0 Å². The molecule has 0 atom stereocenters. The summed E-state index contributed by atoms with van der Waals surface area (Å²) in [6.45, 7) is 1.44. The molecular formula is C23H24N4O2. The van der Waals surface area contributed by atoms with Gasteiger partial charge in [-0.15, -0.1) is 0 Å². The molecule has 0 unspecified atom stereocenters. The van der Waals surface area contributed by atoms with Crippen LogP contribution in [0.5, 0.6) is 5.75 Å². The molecule has 2 heterocycles. The summed E-state index contributed by atoms with van der Waals surface area (Å²) >= 11 is 0. The van der Waals surface area contributed by atoms with Gasteiger partial charge in [0.1, 0.15) is 11.4 Å². The molecule has 6 nitrogen and oxygen atoms in total. The lowest BCUT2D eigenvalue weighted by Crippen LogP contribution is -2.28. The van der Waals surface area contributed by atoms with Crippen LogP contribution in [0.1, 0.15) is 28.0 Å². The van der Waals surface area contributed by atoms with Crippen LogP contribution in [0.4, 0.5) is 11.5 Å². The monoisotopic (exact) mass is 388 g/mol. The standard InChI is InChI=1S/C23H24N4O2/c1-29-19-10-8-17(9-11-19)12-13-24-23(28)20-15-26-22(16-25-20)27-14-4-6-18-5-2-3-7-21(18)27/h2-3,5,7-11,15-16H,4,6,12-14H2,1H3,(H,24,28). The number of fused-ring (bicyclic) bond motifs is 1. The zero-order valence-corrected chi connectivity index (χ0v) is 16.5. The number of nitrogens with zero attached hydrogens (tertiary/aromatic N) is 3. The predicted molar refractivity (Wildman–Crippen MR) is 113 cm³/mol. The molecule has 6 heteroatoms. The van der Waals surface area contributed by atoms with E-state index in [1.807, 2.05) is 30.3 Å². The highest BCUT2D eigenvalue weighted by Crippen LogP contribution is 2.31. The number of ether oxygens (including phenoxy) is 1. The number of hydrogen-bond acceptors (Lipinski definition) is 5. The zero-order valence-electron chi connectivity index (χ0n) is 16.5. The van der Waals surface area contributed by atoms with E-state index in [0.29, 0.717) is 12.2 Å². The Morgan fingerprint density at radius 3 is 2.69 bits per heavy atom. The molecule has 0 saturated heterocycles. The van der Waals surface area contributed by atoms with Crippen molar-refractivity contribution in [2.24, 2.45) is 0 Å². The number of benzene rings is 2. The average Bonchev–Trinajstić information content (AvgIpc) is 2.79. The molecule has 148 valence electrons. The number of para-hydroxylation sites is 1. The fourth-order valence-electron chi connectivity index (χ4n) is 3.55. The first-order valence-corrected chi connectivity index (χ1v) is 9.83. The number of aromatic nitrogens is 2. The smallest absolute Gasteiger partial charge is 0.271 e. The molecule has 3 aromatic rings. The van der Waals surface area contributed by atoms with Crippen LogP contribution in [0.25, 0.3) is 0 Å². The average molecular weight is 388 g/mol. The van der Waals surface area contributed by atoms with E-state index < -0.39 is 0 Å². The molecule has 4 rings (SSSR count). The van der Waals surface area contributed by atoms with Gasteiger partial charge in [0.25, 0.3) is 5.91 Å². The first kappa shape index (κ1) is 18.9. The van der Waals surface area contributed by atoms with Crippen molar-refractivity contribution in [1.82, 2.24) is 15.3 Å². The fraction of sp³-hybridized carbons (Fsp3) is 0.261. The van der Waals surface area contributed by atoms with Gasteiger partial charge >= 0.3 is 0 Å². The second-order valence-electron chi connectivity index (χ2n) is 7.00. The molecule has 2 aromatic carbocycles.